The molecule has 2 aromatic carbocycles. The van der Waals surface area contributed by atoms with E-state index < -0.39 is 5.79 Å². The van der Waals surface area contributed by atoms with Gasteiger partial charge in [0.2, 0.25) is 0 Å². The fraction of sp³-hybridized carbons (Fsp3) is 0.368. The van der Waals surface area contributed by atoms with Gasteiger partial charge in [0.1, 0.15) is 0 Å². The Balaban J connectivity index is 1.79. The van der Waals surface area contributed by atoms with E-state index in [1.54, 1.807) is 0 Å². The molecular formula is C19H18O2. The Kier molecular flexibility index (Phi) is 2.14. The zero-order valence-electron chi connectivity index (χ0n) is 12.2. The van der Waals surface area contributed by atoms with Crippen LogP contribution in [-0.2, 0) is 9.47 Å². The molecule has 6 rings (SSSR count). The van der Waals surface area contributed by atoms with Gasteiger partial charge in [-0.05, 0) is 36.1 Å². The minimum Gasteiger partial charge on any atom is -0.344 e. The molecular weight excluding hydrogens is 260 g/mol. The molecule has 0 unspecified atom stereocenters. The molecule has 1 heterocycles. The molecule has 2 heteroatoms. The maximum atomic E-state index is 6.28. The first-order valence-corrected chi connectivity index (χ1v) is 7.69. The van der Waals surface area contributed by atoms with Crippen LogP contribution in [0.1, 0.15) is 47.9 Å². The highest BCUT2D eigenvalue weighted by molar-refractivity contribution is 5.58. The average Bonchev–Trinajstić information content (AvgIpc) is 2.81. The third-order valence-corrected chi connectivity index (χ3v) is 5.15. The van der Waals surface area contributed by atoms with Gasteiger partial charge in [-0.2, -0.15) is 0 Å². The Morgan fingerprint density at radius 3 is 1.33 bits per heavy atom. The lowest BCUT2D eigenvalue weighted by Crippen LogP contribution is -2.45. The highest BCUT2D eigenvalue weighted by Crippen LogP contribution is 2.58. The lowest BCUT2D eigenvalue weighted by molar-refractivity contribution is -0.146. The summed E-state index contributed by atoms with van der Waals surface area (Å²) in [5.74, 6) is 0.110. The number of ether oxygens (including phenoxy) is 2. The van der Waals surface area contributed by atoms with E-state index in [4.69, 9.17) is 9.47 Å². The van der Waals surface area contributed by atoms with Crippen LogP contribution in [0.3, 0.4) is 0 Å². The van der Waals surface area contributed by atoms with Crippen molar-refractivity contribution in [1.29, 1.82) is 0 Å². The first kappa shape index (κ1) is 12.0. The minimum atomic E-state index is -0.490. The summed E-state index contributed by atoms with van der Waals surface area (Å²) >= 11 is 0. The van der Waals surface area contributed by atoms with E-state index in [-0.39, 0.29) is 12.2 Å². The summed E-state index contributed by atoms with van der Waals surface area (Å²) in [6.45, 7) is 4.06. The monoisotopic (exact) mass is 278 g/mol. The second kappa shape index (κ2) is 3.76. The van der Waals surface area contributed by atoms with E-state index in [1.165, 1.54) is 22.3 Å². The number of rotatable bonds is 0. The molecule has 1 aliphatic heterocycles. The topological polar surface area (TPSA) is 18.5 Å². The quantitative estimate of drug-likeness (QED) is 0.730. The fourth-order valence-electron chi connectivity index (χ4n) is 4.53. The summed E-state index contributed by atoms with van der Waals surface area (Å²) in [4.78, 5) is 0. The van der Waals surface area contributed by atoms with Crippen LogP contribution in [0.4, 0.5) is 0 Å². The summed E-state index contributed by atoms with van der Waals surface area (Å²) < 4.78 is 12.6. The van der Waals surface area contributed by atoms with Crippen LogP contribution in [0, 0.1) is 0 Å². The van der Waals surface area contributed by atoms with Gasteiger partial charge in [0.25, 0.3) is 0 Å². The molecule has 2 nitrogen and oxygen atoms in total. The third kappa shape index (κ3) is 1.44. The van der Waals surface area contributed by atoms with Crippen molar-refractivity contribution in [3.8, 4) is 0 Å². The predicted octanol–water partition coefficient (Wildman–Crippen LogP) is 3.80. The van der Waals surface area contributed by atoms with Crippen LogP contribution in [0.5, 0.6) is 0 Å². The summed E-state index contributed by atoms with van der Waals surface area (Å²) in [6, 6.07) is 17.6. The predicted molar refractivity (Wildman–Crippen MR) is 80.4 cm³/mol. The van der Waals surface area contributed by atoms with E-state index in [0.29, 0.717) is 11.8 Å². The number of benzene rings is 2. The highest BCUT2D eigenvalue weighted by Gasteiger charge is 2.57. The van der Waals surface area contributed by atoms with Gasteiger partial charge in [0.15, 0.2) is 5.79 Å². The van der Waals surface area contributed by atoms with Crippen LogP contribution in [-0.4, -0.2) is 18.0 Å². The second-order valence-corrected chi connectivity index (χ2v) is 6.78. The molecule has 2 aromatic rings. The Bertz CT molecular complexity index is 626. The summed E-state index contributed by atoms with van der Waals surface area (Å²) in [5, 5.41) is 0. The molecule has 0 amide bonds. The third-order valence-electron chi connectivity index (χ3n) is 5.15. The van der Waals surface area contributed by atoms with Crippen molar-refractivity contribution in [2.75, 3.05) is 0 Å². The van der Waals surface area contributed by atoms with E-state index in [9.17, 15) is 0 Å². The summed E-state index contributed by atoms with van der Waals surface area (Å²) in [6.07, 6.45) is 0.268. The molecule has 0 saturated carbocycles. The Labute approximate surface area is 124 Å². The SMILES string of the molecule is CC1(C)O[C@H]2C3c4ccccc4C(c4ccccc43)[C@@H]2O1. The van der Waals surface area contributed by atoms with Gasteiger partial charge < -0.3 is 9.47 Å². The highest BCUT2D eigenvalue weighted by atomic mass is 16.8. The van der Waals surface area contributed by atoms with Crippen molar-refractivity contribution >= 4 is 0 Å². The molecule has 21 heavy (non-hydrogen) atoms. The molecule has 0 spiro atoms. The van der Waals surface area contributed by atoms with Crippen LogP contribution in [0.15, 0.2) is 48.5 Å². The average molecular weight is 278 g/mol. The van der Waals surface area contributed by atoms with Gasteiger partial charge in [0.05, 0.1) is 12.2 Å². The molecule has 2 atom stereocenters. The molecule has 0 aromatic heterocycles. The van der Waals surface area contributed by atoms with E-state index >= 15 is 0 Å². The first-order chi connectivity index (χ1) is 10.2. The van der Waals surface area contributed by atoms with Crippen molar-refractivity contribution in [3.63, 3.8) is 0 Å². The Hall–Kier alpha value is -1.64. The van der Waals surface area contributed by atoms with Crippen LogP contribution in [0.25, 0.3) is 0 Å². The molecule has 2 bridgehead atoms. The number of hydrogen-bond donors (Lipinski definition) is 0. The van der Waals surface area contributed by atoms with Crippen molar-refractivity contribution in [3.05, 3.63) is 70.8 Å². The second-order valence-electron chi connectivity index (χ2n) is 6.78. The van der Waals surface area contributed by atoms with Gasteiger partial charge in [0, 0.05) is 11.8 Å². The van der Waals surface area contributed by atoms with Crippen LogP contribution >= 0.6 is 0 Å². The summed E-state index contributed by atoms with van der Waals surface area (Å²) in [7, 11) is 0. The van der Waals surface area contributed by atoms with Gasteiger partial charge >= 0.3 is 0 Å². The van der Waals surface area contributed by atoms with E-state index in [0.717, 1.165) is 0 Å². The molecule has 1 saturated heterocycles. The summed E-state index contributed by atoms with van der Waals surface area (Å²) in [5.41, 5.74) is 5.68. The Morgan fingerprint density at radius 2 is 1.00 bits per heavy atom. The zero-order chi connectivity index (χ0) is 14.2. The minimum absolute atomic E-state index is 0.134. The number of hydrogen-bond acceptors (Lipinski definition) is 2. The standard InChI is InChI=1S/C19H18O2/c1-19(2)20-17-15-11-7-3-4-8-12(11)16(18(17)21-19)14-10-6-5-9-13(14)15/h3-10,15-18H,1-2H3/t15?,16?,17-,18-/m0/s1. The van der Waals surface area contributed by atoms with Gasteiger partial charge in [-0.25, -0.2) is 0 Å². The first-order valence-electron chi connectivity index (χ1n) is 7.69. The van der Waals surface area contributed by atoms with E-state index in [2.05, 4.69) is 48.5 Å². The van der Waals surface area contributed by atoms with Gasteiger partial charge in [-0.15, -0.1) is 0 Å². The Morgan fingerprint density at radius 1 is 0.667 bits per heavy atom. The smallest absolute Gasteiger partial charge is 0.163 e. The molecule has 1 fully saturated rings. The maximum Gasteiger partial charge on any atom is 0.163 e. The van der Waals surface area contributed by atoms with Crippen LogP contribution in [0.2, 0.25) is 0 Å². The fourth-order valence-corrected chi connectivity index (χ4v) is 4.53. The molecule has 4 aliphatic rings. The largest absolute Gasteiger partial charge is 0.344 e. The normalized spacial score (nSPS) is 34.2. The maximum absolute atomic E-state index is 6.28. The lowest BCUT2D eigenvalue weighted by atomic mass is 9.61. The van der Waals surface area contributed by atoms with Crippen molar-refractivity contribution in [2.24, 2.45) is 0 Å². The molecule has 106 valence electrons. The van der Waals surface area contributed by atoms with Gasteiger partial charge in [-0.1, -0.05) is 48.5 Å². The molecule has 0 radical (unpaired) electrons. The zero-order valence-corrected chi connectivity index (χ0v) is 12.2. The van der Waals surface area contributed by atoms with E-state index in [1.807, 2.05) is 13.8 Å². The van der Waals surface area contributed by atoms with Crippen molar-refractivity contribution in [1.82, 2.24) is 0 Å². The van der Waals surface area contributed by atoms with Gasteiger partial charge in [-0.3, -0.25) is 0 Å². The molecule has 3 aliphatic carbocycles. The lowest BCUT2D eigenvalue weighted by Gasteiger charge is -2.46. The van der Waals surface area contributed by atoms with Crippen molar-refractivity contribution in [2.45, 2.75) is 43.7 Å². The van der Waals surface area contributed by atoms with Crippen molar-refractivity contribution < 1.29 is 9.47 Å². The van der Waals surface area contributed by atoms with Crippen LogP contribution < -0.4 is 0 Å². The molecule has 0 N–H and O–H groups in total.